The maximum absolute atomic E-state index is 13.8. The first kappa shape index (κ1) is 24.4. The molecule has 2 aromatic carbocycles. The number of benzene rings is 2. The second-order valence-electron chi connectivity index (χ2n) is 6.66. The van der Waals surface area contributed by atoms with Gasteiger partial charge >= 0.3 is 0 Å². The summed E-state index contributed by atoms with van der Waals surface area (Å²) in [6, 6.07) is 11.2. The Hall–Kier alpha value is -3.25. The molecule has 3 rings (SSSR count). The van der Waals surface area contributed by atoms with E-state index in [-0.39, 0.29) is 43.5 Å². The van der Waals surface area contributed by atoms with Crippen LogP contribution in [0.4, 0.5) is 15.9 Å². The number of halogens is 3. The molecule has 6 nitrogen and oxygen atoms in total. The summed E-state index contributed by atoms with van der Waals surface area (Å²) < 4.78 is 19.3. The van der Waals surface area contributed by atoms with Crippen molar-refractivity contribution in [2.45, 2.75) is 5.03 Å². The van der Waals surface area contributed by atoms with Crippen LogP contribution < -0.4 is 16.2 Å². The molecular formula is C23H17Cl2FN4O2S. The minimum atomic E-state index is -0.759. The van der Waals surface area contributed by atoms with Crippen molar-refractivity contribution in [3.63, 3.8) is 0 Å². The van der Waals surface area contributed by atoms with Crippen molar-refractivity contribution in [1.29, 1.82) is 5.26 Å². The van der Waals surface area contributed by atoms with E-state index in [1.807, 2.05) is 0 Å². The van der Waals surface area contributed by atoms with E-state index in [1.165, 1.54) is 0 Å². The van der Waals surface area contributed by atoms with Crippen molar-refractivity contribution >= 4 is 52.3 Å². The lowest BCUT2D eigenvalue weighted by molar-refractivity contribution is 0.102. The molecular weight excluding hydrogens is 486 g/mol. The zero-order chi connectivity index (χ0) is 24.1. The maximum Gasteiger partial charge on any atom is 0.174 e. The zero-order valence-electron chi connectivity index (χ0n) is 17.1. The molecule has 0 aliphatic carbocycles. The quantitative estimate of drug-likeness (QED) is 0.174. The van der Waals surface area contributed by atoms with Gasteiger partial charge in [0, 0.05) is 11.1 Å². The van der Waals surface area contributed by atoms with Gasteiger partial charge in [-0.05, 0) is 29.8 Å². The minimum absolute atomic E-state index is 0.0153. The number of hydrogen-bond donors (Lipinski definition) is 2. The number of nitriles is 1. The summed E-state index contributed by atoms with van der Waals surface area (Å²) in [6.07, 6.45) is 1.62. The van der Waals surface area contributed by atoms with Crippen molar-refractivity contribution < 1.29 is 13.9 Å². The molecule has 0 aliphatic rings. The van der Waals surface area contributed by atoms with Gasteiger partial charge in [0.2, 0.25) is 0 Å². The van der Waals surface area contributed by atoms with Crippen LogP contribution in [0.1, 0.15) is 15.9 Å². The molecule has 0 radical (unpaired) electrons. The lowest BCUT2D eigenvalue weighted by atomic mass is 10.00. The number of nitrogens with zero attached hydrogens (tertiary/aromatic N) is 2. The average Bonchev–Trinajstić information content (AvgIpc) is 2.80. The molecule has 168 valence electrons. The highest BCUT2D eigenvalue weighted by Crippen LogP contribution is 2.38. The first-order valence-electron chi connectivity index (χ1n) is 9.40. The Morgan fingerprint density at radius 1 is 1.24 bits per heavy atom. The average molecular weight is 503 g/mol. The Bertz CT molecular complexity index is 1280. The summed E-state index contributed by atoms with van der Waals surface area (Å²) in [5.74, 6) is -0.761. The van der Waals surface area contributed by atoms with Crippen LogP contribution in [0, 0.1) is 17.1 Å². The number of anilines is 2. The number of nitrogens with two attached hydrogens (primary N) is 2. The predicted molar refractivity (Wildman–Crippen MR) is 130 cm³/mol. The molecule has 10 heteroatoms. The number of aromatic nitrogens is 1. The highest BCUT2D eigenvalue weighted by atomic mass is 35.5. The number of rotatable bonds is 8. The van der Waals surface area contributed by atoms with Gasteiger partial charge in [-0.2, -0.15) is 5.26 Å². The number of Topliss-reactive ketones (excluding diaryl/α,β-unsaturated/α-hetero) is 1. The molecule has 0 saturated heterocycles. The minimum Gasteiger partial charge on any atom is -0.490 e. The second-order valence-corrected chi connectivity index (χ2v) is 8.44. The zero-order valence-corrected chi connectivity index (χ0v) is 19.4. The van der Waals surface area contributed by atoms with Gasteiger partial charge in [-0.15, -0.1) is 0 Å². The van der Waals surface area contributed by atoms with Gasteiger partial charge in [0.05, 0.1) is 27.0 Å². The van der Waals surface area contributed by atoms with E-state index < -0.39 is 11.6 Å². The third-order valence-electron chi connectivity index (χ3n) is 4.50. The second kappa shape index (κ2) is 10.6. The SMILES string of the molecule is C=CCOc1ccc(-c2c(N)c(N)nc(SCC(=O)c3cc(F)c(Cl)cc3Cl)c2C#N)cc1. The molecule has 0 amide bonds. The number of thioether (sulfide) groups is 1. The van der Waals surface area contributed by atoms with Crippen LogP contribution >= 0.6 is 35.0 Å². The van der Waals surface area contributed by atoms with Gasteiger partial charge in [-0.3, -0.25) is 4.79 Å². The van der Waals surface area contributed by atoms with E-state index in [9.17, 15) is 14.4 Å². The Morgan fingerprint density at radius 2 is 1.94 bits per heavy atom. The van der Waals surface area contributed by atoms with Crippen molar-refractivity contribution in [1.82, 2.24) is 4.98 Å². The fourth-order valence-corrected chi connectivity index (χ4v) is 4.29. The van der Waals surface area contributed by atoms with E-state index in [2.05, 4.69) is 17.6 Å². The van der Waals surface area contributed by atoms with Crippen LogP contribution in [0.25, 0.3) is 11.1 Å². The summed E-state index contributed by atoms with van der Waals surface area (Å²) in [4.78, 5) is 16.8. The lowest BCUT2D eigenvalue weighted by Crippen LogP contribution is -2.08. The first-order chi connectivity index (χ1) is 15.8. The van der Waals surface area contributed by atoms with Gasteiger partial charge in [-0.25, -0.2) is 9.37 Å². The van der Waals surface area contributed by atoms with Crippen LogP contribution in [0.2, 0.25) is 10.0 Å². The largest absolute Gasteiger partial charge is 0.490 e. The maximum atomic E-state index is 13.8. The number of ketones is 1. The van der Waals surface area contributed by atoms with E-state index >= 15 is 0 Å². The topological polar surface area (TPSA) is 115 Å². The van der Waals surface area contributed by atoms with Gasteiger partial charge in [0.1, 0.15) is 35.1 Å². The van der Waals surface area contributed by atoms with E-state index in [1.54, 1.807) is 30.3 Å². The lowest BCUT2D eigenvalue weighted by Gasteiger charge is -2.14. The fraction of sp³-hybridized carbons (Fsp3) is 0.0870. The molecule has 33 heavy (non-hydrogen) atoms. The van der Waals surface area contributed by atoms with E-state index in [0.717, 1.165) is 23.9 Å². The highest BCUT2D eigenvalue weighted by Gasteiger charge is 2.21. The highest BCUT2D eigenvalue weighted by molar-refractivity contribution is 8.00. The molecule has 3 aromatic rings. The first-order valence-corrected chi connectivity index (χ1v) is 11.1. The Balaban J connectivity index is 1.93. The number of hydrogen-bond acceptors (Lipinski definition) is 7. The number of pyridine rings is 1. The predicted octanol–water partition coefficient (Wildman–Crippen LogP) is 5.77. The number of nitrogen functional groups attached to an aromatic ring is 2. The summed E-state index contributed by atoms with van der Waals surface area (Å²) in [7, 11) is 0. The van der Waals surface area contributed by atoms with Gasteiger partial charge in [-0.1, -0.05) is 59.8 Å². The Kier molecular flexibility index (Phi) is 7.82. The number of ether oxygens (including phenoxy) is 1. The fourth-order valence-electron chi connectivity index (χ4n) is 2.92. The number of carbonyl (C=O) groups excluding carboxylic acids is 1. The molecule has 0 bridgehead atoms. The van der Waals surface area contributed by atoms with Crippen LogP contribution in [0.3, 0.4) is 0 Å². The molecule has 1 heterocycles. The van der Waals surface area contributed by atoms with Crippen molar-refractivity contribution in [3.05, 3.63) is 76.0 Å². The van der Waals surface area contributed by atoms with Gasteiger partial charge < -0.3 is 16.2 Å². The summed E-state index contributed by atoms with van der Waals surface area (Å²) in [5, 5.41) is 9.89. The molecule has 1 aromatic heterocycles. The molecule has 0 aliphatic heterocycles. The molecule has 4 N–H and O–H groups in total. The van der Waals surface area contributed by atoms with Crippen LogP contribution in [-0.4, -0.2) is 23.1 Å². The van der Waals surface area contributed by atoms with Crippen molar-refractivity contribution in [2.24, 2.45) is 0 Å². The standard InChI is InChI=1S/C23H17Cl2FN4O2S/c1-2-7-32-13-5-3-12(4-6-13)20-15(10-27)23(30-22(29)21(20)28)33-11-19(31)14-8-18(26)17(25)9-16(14)24/h2-6,8-9H,1,7,11,28H2,(H2,29,30). The Morgan fingerprint density at radius 3 is 2.58 bits per heavy atom. The van der Waals surface area contributed by atoms with Crippen LogP contribution in [-0.2, 0) is 0 Å². The molecule has 0 atom stereocenters. The summed E-state index contributed by atoms with van der Waals surface area (Å²) >= 11 is 12.7. The normalized spacial score (nSPS) is 10.5. The molecule has 0 spiro atoms. The van der Waals surface area contributed by atoms with E-state index in [4.69, 9.17) is 39.4 Å². The molecule has 0 fully saturated rings. The molecule has 0 unspecified atom stereocenters. The third-order valence-corrected chi connectivity index (χ3v) is 6.08. The summed E-state index contributed by atoms with van der Waals surface area (Å²) in [5.41, 5.74) is 13.4. The monoisotopic (exact) mass is 502 g/mol. The van der Waals surface area contributed by atoms with E-state index in [0.29, 0.717) is 23.5 Å². The van der Waals surface area contributed by atoms with Crippen LogP contribution in [0.15, 0.2) is 54.1 Å². The smallest absolute Gasteiger partial charge is 0.174 e. The third kappa shape index (κ3) is 5.40. The van der Waals surface area contributed by atoms with Gasteiger partial charge in [0.25, 0.3) is 0 Å². The Labute approximate surface area is 204 Å². The van der Waals surface area contributed by atoms with Crippen molar-refractivity contribution in [2.75, 3.05) is 23.8 Å². The summed E-state index contributed by atoms with van der Waals surface area (Å²) in [6.45, 7) is 3.95. The number of carbonyl (C=O) groups is 1. The van der Waals surface area contributed by atoms with Crippen molar-refractivity contribution in [3.8, 4) is 22.9 Å². The molecule has 0 saturated carbocycles. The van der Waals surface area contributed by atoms with Gasteiger partial charge in [0.15, 0.2) is 5.78 Å². The van der Waals surface area contributed by atoms with Crippen LogP contribution in [0.5, 0.6) is 5.75 Å².